The zero-order valence-corrected chi connectivity index (χ0v) is 20.9. The fraction of sp³-hybridized carbons (Fsp3) is 0.233. The molecule has 2 N–H and O–H groups in total. The van der Waals surface area contributed by atoms with Crippen molar-refractivity contribution in [3.8, 4) is 0 Å². The Morgan fingerprint density at radius 1 is 0.861 bits per heavy atom. The van der Waals surface area contributed by atoms with Crippen LogP contribution in [0.15, 0.2) is 79.0 Å². The van der Waals surface area contributed by atoms with Crippen molar-refractivity contribution in [2.75, 3.05) is 5.32 Å². The van der Waals surface area contributed by atoms with Gasteiger partial charge in [-0.2, -0.15) is 0 Å². The topological polar surface area (TPSA) is 71.1 Å². The second-order valence-electron chi connectivity index (χ2n) is 9.43. The quantitative estimate of drug-likeness (QED) is 0.295. The highest BCUT2D eigenvalue weighted by atomic mass is 35.5. The number of nitrogens with one attached hydrogen (secondary N) is 2. The van der Waals surface area contributed by atoms with Crippen molar-refractivity contribution in [2.45, 2.75) is 44.7 Å². The van der Waals surface area contributed by atoms with Crippen LogP contribution >= 0.6 is 11.6 Å². The number of fused-ring (bicyclic) bond motifs is 1. The molecule has 0 bridgehead atoms. The summed E-state index contributed by atoms with van der Waals surface area (Å²) >= 11 is 6.11. The van der Waals surface area contributed by atoms with Gasteiger partial charge in [0, 0.05) is 45.5 Å². The molecular weight excluding hydrogens is 470 g/mol. The van der Waals surface area contributed by atoms with Gasteiger partial charge >= 0.3 is 0 Å². The number of carbonyl (C=O) groups is 2. The highest BCUT2D eigenvalue weighted by Crippen LogP contribution is 2.28. The number of aryl methyl sites for hydroxylation is 1. The van der Waals surface area contributed by atoms with Crippen LogP contribution in [0.4, 0.5) is 5.69 Å². The molecule has 0 spiro atoms. The van der Waals surface area contributed by atoms with Gasteiger partial charge in [0.25, 0.3) is 5.91 Å². The molecule has 1 aliphatic rings. The largest absolute Gasteiger partial charge is 0.382 e. The number of nitrogens with zero attached hydrogens (tertiary/aromatic N) is 1. The molecule has 3 aromatic carbocycles. The Kier molecular flexibility index (Phi) is 7.01. The number of ketones is 1. The second kappa shape index (κ2) is 10.5. The molecule has 0 unspecified atom stereocenters. The maximum Gasteiger partial charge on any atom is 0.252 e. The zero-order chi connectivity index (χ0) is 25.1. The normalized spacial score (nSPS) is 17.5. The monoisotopic (exact) mass is 497 g/mol. The van der Waals surface area contributed by atoms with Crippen LogP contribution in [-0.2, 0) is 0 Å². The van der Waals surface area contributed by atoms with Crippen molar-refractivity contribution < 1.29 is 9.59 Å². The summed E-state index contributed by atoms with van der Waals surface area (Å²) in [6, 6.07) is 22.6. The van der Waals surface area contributed by atoms with E-state index in [9.17, 15) is 9.59 Å². The van der Waals surface area contributed by atoms with Gasteiger partial charge in [-0.15, -0.1) is 0 Å². The summed E-state index contributed by atoms with van der Waals surface area (Å²) in [6.45, 7) is 1.98. The Hall–Kier alpha value is -3.70. The SMILES string of the molecule is Cc1ccc(C(=O)c2ccccc2C(=O)N[C@H]2CC[C@@H](Nc3ccnc4cc(Cl)ccc34)CC2)cc1. The number of carbonyl (C=O) groups excluding carboxylic acids is 2. The molecule has 0 atom stereocenters. The van der Waals surface area contributed by atoms with E-state index >= 15 is 0 Å². The van der Waals surface area contributed by atoms with E-state index in [1.807, 2.05) is 43.3 Å². The summed E-state index contributed by atoms with van der Waals surface area (Å²) in [5.41, 5.74) is 4.44. The smallest absolute Gasteiger partial charge is 0.252 e. The van der Waals surface area contributed by atoms with Gasteiger partial charge in [0.1, 0.15) is 0 Å². The second-order valence-corrected chi connectivity index (χ2v) is 9.86. The molecule has 0 radical (unpaired) electrons. The summed E-state index contributed by atoms with van der Waals surface area (Å²) in [5, 5.41) is 8.54. The van der Waals surface area contributed by atoms with Crippen LogP contribution in [0.25, 0.3) is 10.9 Å². The van der Waals surface area contributed by atoms with E-state index < -0.39 is 0 Å². The Balaban J connectivity index is 1.22. The number of amides is 1. The minimum Gasteiger partial charge on any atom is -0.382 e. The fourth-order valence-electron chi connectivity index (χ4n) is 4.85. The van der Waals surface area contributed by atoms with Gasteiger partial charge in [0.05, 0.1) is 11.1 Å². The van der Waals surface area contributed by atoms with Crippen LogP contribution in [0.5, 0.6) is 0 Å². The summed E-state index contributed by atoms with van der Waals surface area (Å²) in [7, 11) is 0. The van der Waals surface area contributed by atoms with Gasteiger partial charge in [-0.05, 0) is 62.9 Å². The summed E-state index contributed by atoms with van der Waals surface area (Å²) in [4.78, 5) is 30.7. The minimum atomic E-state index is -0.195. The Bertz CT molecular complexity index is 1410. The highest BCUT2D eigenvalue weighted by molar-refractivity contribution is 6.31. The van der Waals surface area contributed by atoms with Crippen LogP contribution in [0.2, 0.25) is 5.02 Å². The lowest BCUT2D eigenvalue weighted by molar-refractivity contribution is 0.0917. The summed E-state index contributed by atoms with van der Waals surface area (Å²) in [6.07, 6.45) is 5.40. The number of halogens is 1. The lowest BCUT2D eigenvalue weighted by Gasteiger charge is -2.30. The predicted molar refractivity (Wildman–Crippen MR) is 145 cm³/mol. The van der Waals surface area contributed by atoms with Crippen molar-refractivity contribution in [3.63, 3.8) is 0 Å². The maximum atomic E-state index is 13.2. The van der Waals surface area contributed by atoms with Gasteiger partial charge in [0.15, 0.2) is 5.78 Å². The number of aromatic nitrogens is 1. The molecule has 5 rings (SSSR count). The lowest BCUT2D eigenvalue weighted by Crippen LogP contribution is -2.40. The molecular formula is C30H28ClN3O2. The zero-order valence-electron chi connectivity index (χ0n) is 20.1. The number of hydrogen-bond acceptors (Lipinski definition) is 4. The summed E-state index contributed by atoms with van der Waals surface area (Å²) < 4.78 is 0. The minimum absolute atomic E-state index is 0.0751. The van der Waals surface area contributed by atoms with Gasteiger partial charge < -0.3 is 10.6 Å². The van der Waals surface area contributed by atoms with Gasteiger partial charge in [-0.1, -0.05) is 59.6 Å². The molecule has 1 amide bonds. The maximum absolute atomic E-state index is 13.2. The lowest BCUT2D eigenvalue weighted by atomic mass is 9.90. The third-order valence-corrected chi connectivity index (χ3v) is 7.09. The molecule has 1 saturated carbocycles. The number of pyridine rings is 1. The molecule has 6 heteroatoms. The molecule has 4 aromatic rings. The van der Waals surface area contributed by atoms with Crippen LogP contribution in [0.1, 0.15) is 57.5 Å². The first kappa shape index (κ1) is 24.0. The molecule has 36 heavy (non-hydrogen) atoms. The molecule has 182 valence electrons. The van der Waals surface area contributed by atoms with E-state index in [0.29, 0.717) is 27.8 Å². The van der Waals surface area contributed by atoms with Crippen molar-refractivity contribution in [1.29, 1.82) is 0 Å². The van der Waals surface area contributed by atoms with Gasteiger partial charge in [0.2, 0.25) is 0 Å². The van der Waals surface area contributed by atoms with Crippen molar-refractivity contribution in [2.24, 2.45) is 0 Å². The first-order chi connectivity index (χ1) is 17.5. The highest BCUT2D eigenvalue weighted by Gasteiger charge is 2.25. The van der Waals surface area contributed by atoms with Crippen LogP contribution in [-0.4, -0.2) is 28.8 Å². The van der Waals surface area contributed by atoms with E-state index in [4.69, 9.17) is 11.6 Å². The van der Waals surface area contributed by atoms with E-state index in [0.717, 1.165) is 47.8 Å². The average Bonchev–Trinajstić information content (AvgIpc) is 2.90. The Labute approximate surface area is 215 Å². The fourth-order valence-corrected chi connectivity index (χ4v) is 5.02. The summed E-state index contributed by atoms with van der Waals surface area (Å²) in [5.74, 6) is -0.334. The first-order valence-corrected chi connectivity index (χ1v) is 12.7. The molecule has 0 aliphatic heterocycles. The van der Waals surface area contributed by atoms with Crippen molar-refractivity contribution >= 4 is 39.9 Å². The average molecular weight is 498 g/mol. The first-order valence-electron chi connectivity index (χ1n) is 12.3. The van der Waals surface area contributed by atoms with Gasteiger partial charge in [-0.25, -0.2) is 0 Å². The van der Waals surface area contributed by atoms with Crippen LogP contribution < -0.4 is 10.6 Å². The number of rotatable bonds is 6. The van der Waals surface area contributed by atoms with E-state index in [-0.39, 0.29) is 17.7 Å². The van der Waals surface area contributed by atoms with Crippen molar-refractivity contribution in [1.82, 2.24) is 10.3 Å². The molecule has 0 saturated heterocycles. The third-order valence-electron chi connectivity index (χ3n) is 6.86. The predicted octanol–water partition coefficient (Wildman–Crippen LogP) is 6.58. The molecule has 1 heterocycles. The molecule has 1 aliphatic carbocycles. The third kappa shape index (κ3) is 5.26. The Morgan fingerprint density at radius 3 is 2.31 bits per heavy atom. The van der Waals surface area contributed by atoms with E-state index in [2.05, 4.69) is 15.6 Å². The van der Waals surface area contributed by atoms with Crippen molar-refractivity contribution in [3.05, 3.63) is 106 Å². The Morgan fingerprint density at radius 2 is 1.56 bits per heavy atom. The standard InChI is InChI=1S/C30H28ClN3O2/c1-19-6-8-20(9-7-19)29(35)24-4-2-3-5-25(24)30(36)34-23-13-11-22(12-14-23)33-27-16-17-32-28-18-21(31)10-15-26(27)28/h2-10,15-18,22-23H,11-14H2,1H3,(H,32,33)(H,34,36)/t22-,23+. The number of anilines is 1. The van der Waals surface area contributed by atoms with Crippen LogP contribution in [0.3, 0.4) is 0 Å². The van der Waals surface area contributed by atoms with Gasteiger partial charge in [-0.3, -0.25) is 14.6 Å². The number of hydrogen-bond donors (Lipinski definition) is 2. The van der Waals surface area contributed by atoms with E-state index in [1.165, 1.54) is 0 Å². The molecule has 1 fully saturated rings. The molecule has 5 nitrogen and oxygen atoms in total. The van der Waals surface area contributed by atoms with Crippen LogP contribution in [0, 0.1) is 6.92 Å². The number of benzene rings is 3. The molecule has 1 aromatic heterocycles. The van der Waals surface area contributed by atoms with E-state index in [1.54, 1.807) is 42.6 Å².